The maximum absolute atomic E-state index is 2.56. The van der Waals surface area contributed by atoms with Gasteiger partial charge in [0, 0.05) is 24.2 Å². The van der Waals surface area contributed by atoms with Crippen molar-refractivity contribution in [3.05, 3.63) is 41.7 Å². The van der Waals surface area contributed by atoms with E-state index >= 15 is 0 Å². The maximum atomic E-state index is 2.56. The van der Waals surface area contributed by atoms with Crippen LogP contribution in [0.25, 0.3) is 11.4 Å². The van der Waals surface area contributed by atoms with E-state index in [0.717, 1.165) is 13.1 Å². The van der Waals surface area contributed by atoms with Crippen LogP contribution in [0.1, 0.15) is 24.1 Å². The highest BCUT2D eigenvalue weighted by Gasteiger charge is 2.28. The lowest BCUT2D eigenvalue weighted by atomic mass is 9.94. The normalized spacial score (nSPS) is 16.2. The molecule has 0 saturated heterocycles. The molecule has 0 amide bonds. The topological polar surface area (TPSA) is 8.81 Å². The molecule has 0 radical (unpaired) electrons. The van der Waals surface area contributed by atoms with Crippen LogP contribution in [0.15, 0.2) is 30.5 Å². The number of halogens is 1. The average Bonchev–Trinajstić information content (AvgIpc) is 2.86. The fourth-order valence-corrected chi connectivity index (χ4v) is 3.34. The summed E-state index contributed by atoms with van der Waals surface area (Å²) in [5, 5.41) is 0. The number of hydrogen-bond acceptors (Lipinski definition) is 0. The standard InChI is InChI=1S/C15H17N2.ClH/c1-2-5-13-12(4-1)7-8-15-14-6-3-9-16(14)10-11-17(13)15;/h3,6-9H,1-2,4-5,10-11H2;1H/q+1;/p-1. The molecule has 0 bridgehead atoms. The Morgan fingerprint density at radius 3 is 2.89 bits per heavy atom. The Bertz CT molecular complexity index is 586. The molecule has 1 aliphatic heterocycles. The van der Waals surface area contributed by atoms with Crippen molar-refractivity contribution >= 4 is 0 Å². The Labute approximate surface area is 114 Å². The summed E-state index contributed by atoms with van der Waals surface area (Å²) in [5.41, 5.74) is 5.97. The molecule has 0 aromatic carbocycles. The smallest absolute Gasteiger partial charge is 0.229 e. The summed E-state index contributed by atoms with van der Waals surface area (Å²) < 4.78 is 4.92. The van der Waals surface area contributed by atoms with Crippen molar-refractivity contribution in [2.24, 2.45) is 0 Å². The lowest BCUT2D eigenvalue weighted by molar-refractivity contribution is -0.698. The molecule has 4 rings (SSSR count). The Kier molecular flexibility index (Phi) is 2.90. The number of aromatic nitrogens is 2. The zero-order valence-electron chi connectivity index (χ0n) is 10.4. The van der Waals surface area contributed by atoms with E-state index in [1.807, 2.05) is 0 Å². The van der Waals surface area contributed by atoms with E-state index in [1.54, 1.807) is 11.3 Å². The minimum absolute atomic E-state index is 0. The Hall–Kier alpha value is -1.28. The van der Waals surface area contributed by atoms with E-state index in [4.69, 9.17) is 0 Å². The maximum Gasteiger partial charge on any atom is 0.229 e. The largest absolute Gasteiger partial charge is 1.00 e. The van der Waals surface area contributed by atoms with E-state index in [-0.39, 0.29) is 12.4 Å². The highest BCUT2D eigenvalue weighted by Crippen LogP contribution is 2.25. The van der Waals surface area contributed by atoms with Gasteiger partial charge in [-0.1, -0.05) is 0 Å². The molecular formula is C15H17ClN2. The molecule has 0 fully saturated rings. The molecule has 3 heterocycles. The first-order valence-electron chi connectivity index (χ1n) is 6.63. The lowest BCUT2D eigenvalue weighted by Crippen LogP contribution is -3.00. The average molecular weight is 261 g/mol. The second-order valence-corrected chi connectivity index (χ2v) is 5.14. The van der Waals surface area contributed by atoms with Crippen LogP contribution in [0.4, 0.5) is 0 Å². The van der Waals surface area contributed by atoms with Crippen LogP contribution in [-0.4, -0.2) is 4.57 Å². The number of fused-ring (bicyclic) bond motifs is 5. The molecule has 0 unspecified atom stereocenters. The number of nitrogens with zero attached hydrogens (tertiary/aromatic N) is 2. The summed E-state index contributed by atoms with van der Waals surface area (Å²) in [6.45, 7) is 2.26. The van der Waals surface area contributed by atoms with Crippen LogP contribution >= 0.6 is 0 Å². The third-order valence-corrected chi connectivity index (χ3v) is 4.20. The first kappa shape index (κ1) is 11.8. The third kappa shape index (κ3) is 1.59. The van der Waals surface area contributed by atoms with E-state index in [0.29, 0.717) is 0 Å². The number of rotatable bonds is 0. The zero-order valence-corrected chi connectivity index (χ0v) is 11.2. The second-order valence-electron chi connectivity index (χ2n) is 5.14. The predicted molar refractivity (Wildman–Crippen MR) is 66.7 cm³/mol. The van der Waals surface area contributed by atoms with Gasteiger partial charge in [0.2, 0.25) is 5.69 Å². The molecule has 3 heteroatoms. The van der Waals surface area contributed by atoms with Gasteiger partial charge < -0.3 is 17.0 Å². The Morgan fingerprint density at radius 1 is 1.06 bits per heavy atom. The van der Waals surface area contributed by atoms with Gasteiger partial charge in [0.25, 0.3) is 0 Å². The van der Waals surface area contributed by atoms with Crippen molar-refractivity contribution in [1.29, 1.82) is 0 Å². The number of pyridine rings is 1. The molecule has 0 spiro atoms. The van der Waals surface area contributed by atoms with Crippen LogP contribution in [0.2, 0.25) is 0 Å². The van der Waals surface area contributed by atoms with Crippen molar-refractivity contribution in [1.82, 2.24) is 4.57 Å². The highest BCUT2D eigenvalue weighted by atomic mass is 35.5. The second kappa shape index (κ2) is 4.43. The van der Waals surface area contributed by atoms with E-state index in [1.165, 1.54) is 37.1 Å². The van der Waals surface area contributed by atoms with Gasteiger partial charge in [-0.15, -0.1) is 0 Å². The molecule has 2 aromatic heterocycles. The summed E-state index contributed by atoms with van der Waals surface area (Å²) in [7, 11) is 0. The van der Waals surface area contributed by atoms with Gasteiger partial charge in [0.1, 0.15) is 5.69 Å². The van der Waals surface area contributed by atoms with Crippen molar-refractivity contribution in [3.63, 3.8) is 0 Å². The van der Waals surface area contributed by atoms with Crippen molar-refractivity contribution < 1.29 is 17.0 Å². The SMILES string of the molecule is [Cl-].c1cc2n(c1)CC[n+]1c-2ccc2c1CCCC2. The van der Waals surface area contributed by atoms with Gasteiger partial charge in [0.05, 0.1) is 6.54 Å². The van der Waals surface area contributed by atoms with Gasteiger partial charge in [-0.25, -0.2) is 0 Å². The zero-order chi connectivity index (χ0) is 11.2. The van der Waals surface area contributed by atoms with Gasteiger partial charge in [-0.3, -0.25) is 0 Å². The summed E-state index contributed by atoms with van der Waals surface area (Å²) in [6, 6.07) is 9.06. The van der Waals surface area contributed by atoms with Gasteiger partial charge in [-0.2, -0.15) is 4.57 Å². The van der Waals surface area contributed by atoms with E-state index in [9.17, 15) is 0 Å². The molecule has 1 aliphatic carbocycles. The molecule has 2 aromatic rings. The third-order valence-electron chi connectivity index (χ3n) is 4.20. The van der Waals surface area contributed by atoms with E-state index in [2.05, 4.69) is 39.6 Å². The molecule has 18 heavy (non-hydrogen) atoms. The Balaban J connectivity index is 0.000001000. The van der Waals surface area contributed by atoms with Crippen LogP contribution in [0, 0.1) is 0 Å². The summed E-state index contributed by atoms with van der Waals surface area (Å²) >= 11 is 0. The molecule has 2 aliphatic rings. The monoisotopic (exact) mass is 260 g/mol. The van der Waals surface area contributed by atoms with Gasteiger partial charge >= 0.3 is 0 Å². The Morgan fingerprint density at radius 2 is 1.94 bits per heavy atom. The lowest BCUT2D eigenvalue weighted by Gasteiger charge is -2.20. The molecule has 0 atom stereocenters. The summed E-state index contributed by atoms with van der Waals surface area (Å²) in [4.78, 5) is 0. The van der Waals surface area contributed by atoms with Gasteiger partial charge in [0.15, 0.2) is 12.2 Å². The number of hydrogen-bond donors (Lipinski definition) is 0. The molecule has 94 valence electrons. The highest BCUT2D eigenvalue weighted by molar-refractivity contribution is 5.53. The molecule has 0 N–H and O–H groups in total. The van der Waals surface area contributed by atoms with E-state index < -0.39 is 0 Å². The van der Waals surface area contributed by atoms with Crippen LogP contribution in [-0.2, 0) is 25.9 Å². The fourth-order valence-electron chi connectivity index (χ4n) is 3.34. The molecular weight excluding hydrogens is 244 g/mol. The first-order chi connectivity index (χ1) is 8.43. The van der Waals surface area contributed by atoms with Crippen LogP contribution in [0.3, 0.4) is 0 Å². The fraction of sp³-hybridized carbons (Fsp3) is 0.400. The number of aryl methyl sites for hydroxylation is 2. The molecule has 2 nitrogen and oxygen atoms in total. The summed E-state index contributed by atoms with van der Waals surface area (Å²) in [6.07, 6.45) is 7.46. The van der Waals surface area contributed by atoms with Crippen LogP contribution in [0.5, 0.6) is 0 Å². The van der Waals surface area contributed by atoms with Gasteiger partial charge in [-0.05, 0) is 37.5 Å². The first-order valence-corrected chi connectivity index (χ1v) is 6.63. The minimum atomic E-state index is 0. The van der Waals surface area contributed by atoms with Crippen molar-refractivity contribution in [3.8, 4) is 11.4 Å². The van der Waals surface area contributed by atoms with Crippen molar-refractivity contribution in [2.75, 3.05) is 0 Å². The minimum Gasteiger partial charge on any atom is -1.00 e. The predicted octanol–water partition coefficient (Wildman–Crippen LogP) is -0.661. The quantitative estimate of drug-likeness (QED) is 0.556. The molecule has 0 saturated carbocycles. The van der Waals surface area contributed by atoms with Crippen LogP contribution < -0.4 is 17.0 Å². The summed E-state index contributed by atoms with van der Waals surface area (Å²) in [5.74, 6) is 0. The van der Waals surface area contributed by atoms with Crippen molar-refractivity contribution in [2.45, 2.75) is 38.8 Å².